The lowest BCUT2D eigenvalue weighted by Gasteiger charge is -2.23. The number of hydrogen-bond donors (Lipinski definition) is 5. The van der Waals surface area contributed by atoms with Gasteiger partial charge in [0.1, 0.15) is 17.9 Å². The number of amides is 2. The summed E-state index contributed by atoms with van der Waals surface area (Å²) >= 11 is 1.54. The number of amidine groups is 1. The van der Waals surface area contributed by atoms with Crippen molar-refractivity contribution in [1.29, 1.82) is 5.41 Å². The predicted octanol–water partition coefficient (Wildman–Crippen LogP) is 3.04. The number of carbonyl (C=O) groups excluding carboxylic acids is 2. The Kier molecular flexibility index (Phi) is 11.9. The van der Waals surface area contributed by atoms with Gasteiger partial charge in [-0.05, 0) is 54.0 Å². The quantitative estimate of drug-likeness (QED) is 0.134. The van der Waals surface area contributed by atoms with E-state index in [9.17, 15) is 18.0 Å². The molecular formula is C30H37N5O4S2. The van der Waals surface area contributed by atoms with Crippen LogP contribution in [0.2, 0.25) is 0 Å². The maximum Gasteiger partial charge on any atom is 0.242 e. The Labute approximate surface area is 246 Å². The summed E-state index contributed by atoms with van der Waals surface area (Å²) in [5, 5.41) is 13.1. The molecule has 0 aliphatic carbocycles. The van der Waals surface area contributed by atoms with Gasteiger partial charge in [0.15, 0.2) is 0 Å². The first-order valence-electron chi connectivity index (χ1n) is 13.3. The van der Waals surface area contributed by atoms with Crippen molar-refractivity contribution in [3.63, 3.8) is 0 Å². The molecule has 0 unspecified atom stereocenters. The Morgan fingerprint density at radius 3 is 2.07 bits per heavy atom. The lowest BCUT2D eigenvalue weighted by molar-refractivity contribution is -0.129. The third-order valence-electron chi connectivity index (χ3n) is 6.49. The van der Waals surface area contributed by atoms with E-state index in [4.69, 9.17) is 11.1 Å². The Morgan fingerprint density at radius 2 is 1.49 bits per heavy atom. The molecule has 11 heteroatoms. The van der Waals surface area contributed by atoms with Gasteiger partial charge in [0.2, 0.25) is 21.8 Å². The van der Waals surface area contributed by atoms with Crippen LogP contribution in [0.5, 0.6) is 0 Å². The van der Waals surface area contributed by atoms with Crippen molar-refractivity contribution >= 4 is 39.4 Å². The monoisotopic (exact) mass is 595 g/mol. The van der Waals surface area contributed by atoms with E-state index in [1.54, 1.807) is 36.0 Å². The maximum atomic E-state index is 13.4. The van der Waals surface area contributed by atoms with Crippen LogP contribution < -0.4 is 21.1 Å². The number of hydrogen-bond acceptors (Lipinski definition) is 6. The summed E-state index contributed by atoms with van der Waals surface area (Å²) in [6, 6.07) is 22.5. The third kappa shape index (κ3) is 10.0. The number of nitrogens with one attached hydrogen (secondary N) is 4. The summed E-state index contributed by atoms with van der Waals surface area (Å²) in [5.74, 6) is -0.532. The summed E-state index contributed by atoms with van der Waals surface area (Å²) in [5.41, 5.74) is 9.73. The molecule has 9 nitrogen and oxygen atoms in total. The highest BCUT2D eigenvalue weighted by Gasteiger charge is 2.28. The fourth-order valence-electron chi connectivity index (χ4n) is 4.08. The first-order chi connectivity index (χ1) is 19.6. The molecule has 6 N–H and O–H groups in total. The fourth-order valence-corrected chi connectivity index (χ4v) is 5.34. The van der Waals surface area contributed by atoms with Gasteiger partial charge in [-0.1, -0.05) is 78.9 Å². The summed E-state index contributed by atoms with van der Waals surface area (Å²) in [4.78, 5) is 26.5. The van der Waals surface area contributed by atoms with Gasteiger partial charge in [-0.3, -0.25) is 15.0 Å². The van der Waals surface area contributed by atoms with E-state index in [1.165, 1.54) is 6.92 Å². The number of benzene rings is 3. The van der Waals surface area contributed by atoms with Gasteiger partial charge in [0, 0.05) is 12.1 Å². The number of sulfonamides is 1. The molecule has 0 bridgehead atoms. The van der Waals surface area contributed by atoms with Crippen LogP contribution in [0.25, 0.3) is 11.1 Å². The largest absolute Gasteiger partial charge is 0.384 e. The Hall–Kier alpha value is -3.67. The van der Waals surface area contributed by atoms with Crippen LogP contribution >= 0.6 is 11.8 Å². The lowest BCUT2D eigenvalue weighted by atomic mass is 10.0. The number of rotatable bonds is 15. The number of thioether (sulfide) groups is 1. The standard InChI is InChI=1S/C30H37N5O4S2/c1-3-41(38,39)35-27(19-21-9-13-24(14-10-21)23-7-5-4-6-8-23)30(37)34-26(17-18-40-2)29(36)33-20-22-11-15-25(16-12-22)28(31)32/h4-16,26-27,35H,3,17-20H2,1-2H3,(H3,31,32)(H,33,36)(H,34,37)/t26-,27+/m0/s1. The van der Waals surface area contributed by atoms with Gasteiger partial charge >= 0.3 is 0 Å². The second kappa shape index (κ2) is 15.4. The minimum absolute atomic E-state index is 0.0409. The summed E-state index contributed by atoms with van der Waals surface area (Å²) in [6.45, 7) is 1.73. The average molecular weight is 596 g/mol. The first kappa shape index (κ1) is 31.9. The van der Waals surface area contributed by atoms with Crippen molar-refractivity contribution in [2.75, 3.05) is 17.8 Å². The van der Waals surface area contributed by atoms with Crippen LogP contribution in [-0.4, -0.2) is 55.9 Å². The smallest absolute Gasteiger partial charge is 0.242 e. The second-order valence-electron chi connectivity index (χ2n) is 9.51. The molecule has 3 rings (SSSR count). The average Bonchev–Trinajstić information content (AvgIpc) is 2.98. The van der Waals surface area contributed by atoms with Crippen LogP contribution in [0.15, 0.2) is 78.9 Å². The number of nitrogen functional groups attached to an aromatic ring is 1. The van der Waals surface area contributed by atoms with Crippen LogP contribution in [0.4, 0.5) is 0 Å². The van der Waals surface area contributed by atoms with Gasteiger partial charge in [-0.25, -0.2) is 13.1 Å². The molecule has 0 heterocycles. The van der Waals surface area contributed by atoms with Crippen molar-refractivity contribution in [2.24, 2.45) is 5.73 Å². The third-order valence-corrected chi connectivity index (χ3v) is 8.54. The van der Waals surface area contributed by atoms with Crippen molar-refractivity contribution in [3.05, 3.63) is 95.6 Å². The van der Waals surface area contributed by atoms with Gasteiger partial charge in [-0.15, -0.1) is 0 Å². The van der Waals surface area contributed by atoms with Crippen molar-refractivity contribution < 1.29 is 18.0 Å². The maximum absolute atomic E-state index is 13.4. The summed E-state index contributed by atoms with van der Waals surface area (Å²) in [7, 11) is -3.70. The van der Waals surface area contributed by atoms with Crippen LogP contribution in [0.1, 0.15) is 30.0 Å². The van der Waals surface area contributed by atoms with Gasteiger partial charge in [0.25, 0.3) is 0 Å². The van der Waals surface area contributed by atoms with E-state index in [2.05, 4.69) is 15.4 Å². The molecule has 41 heavy (non-hydrogen) atoms. The summed E-state index contributed by atoms with van der Waals surface area (Å²) < 4.78 is 27.4. The minimum Gasteiger partial charge on any atom is -0.384 e. The first-order valence-corrected chi connectivity index (χ1v) is 16.3. The van der Waals surface area contributed by atoms with Crippen LogP contribution in [0, 0.1) is 5.41 Å². The summed E-state index contributed by atoms with van der Waals surface area (Å²) in [6.07, 6.45) is 2.41. The molecule has 0 aliphatic rings. The highest BCUT2D eigenvalue weighted by Crippen LogP contribution is 2.20. The second-order valence-corrected chi connectivity index (χ2v) is 12.5. The van der Waals surface area contributed by atoms with Gasteiger partial charge < -0.3 is 16.4 Å². The van der Waals surface area contributed by atoms with Crippen molar-refractivity contribution in [3.8, 4) is 11.1 Å². The Morgan fingerprint density at radius 1 is 0.878 bits per heavy atom. The topological polar surface area (TPSA) is 154 Å². The molecule has 218 valence electrons. The molecule has 0 spiro atoms. The van der Waals surface area contributed by atoms with E-state index in [-0.39, 0.29) is 30.5 Å². The molecule has 3 aromatic rings. The van der Waals surface area contributed by atoms with E-state index in [0.717, 1.165) is 22.3 Å². The highest BCUT2D eigenvalue weighted by molar-refractivity contribution is 7.98. The molecule has 0 aliphatic heterocycles. The molecule has 0 aromatic heterocycles. The normalized spacial score (nSPS) is 12.7. The molecular weight excluding hydrogens is 558 g/mol. The van der Waals surface area contributed by atoms with E-state index in [1.807, 2.05) is 60.9 Å². The van der Waals surface area contributed by atoms with E-state index >= 15 is 0 Å². The molecule has 0 fully saturated rings. The molecule has 0 saturated heterocycles. The van der Waals surface area contributed by atoms with Crippen LogP contribution in [-0.2, 0) is 32.6 Å². The highest BCUT2D eigenvalue weighted by atomic mass is 32.2. The van der Waals surface area contributed by atoms with Crippen molar-refractivity contribution in [2.45, 2.75) is 38.4 Å². The zero-order valence-corrected chi connectivity index (χ0v) is 24.9. The predicted molar refractivity (Wildman–Crippen MR) is 166 cm³/mol. The lowest BCUT2D eigenvalue weighted by Crippen LogP contribution is -2.54. The zero-order valence-electron chi connectivity index (χ0n) is 23.2. The number of carbonyl (C=O) groups is 2. The van der Waals surface area contributed by atoms with E-state index in [0.29, 0.717) is 17.7 Å². The SMILES string of the molecule is CCS(=O)(=O)N[C@H](Cc1ccc(-c2ccccc2)cc1)C(=O)N[C@@H](CCSC)C(=O)NCc1ccc(C(=N)N)cc1. The fraction of sp³-hybridized carbons (Fsp3) is 0.300. The molecule has 0 saturated carbocycles. The Bertz CT molecular complexity index is 1410. The zero-order chi connectivity index (χ0) is 29.8. The van der Waals surface area contributed by atoms with Crippen molar-refractivity contribution in [1.82, 2.24) is 15.4 Å². The molecule has 3 aromatic carbocycles. The Balaban J connectivity index is 1.72. The molecule has 0 radical (unpaired) electrons. The number of nitrogens with two attached hydrogens (primary N) is 1. The minimum atomic E-state index is -3.70. The molecule has 2 amide bonds. The van der Waals surface area contributed by atoms with E-state index < -0.39 is 28.0 Å². The van der Waals surface area contributed by atoms with Gasteiger partial charge in [0.05, 0.1) is 5.75 Å². The van der Waals surface area contributed by atoms with Crippen LogP contribution in [0.3, 0.4) is 0 Å². The van der Waals surface area contributed by atoms with Gasteiger partial charge in [-0.2, -0.15) is 11.8 Å². The molecule has 2 atom stereocenters.